The number of methoxy groups -OCH3 is 1. The summed E-state index contributed by atoms with van der Waals surface area (Å²) in [7, 11) is 1.57. The van der Waals surface area contributed by atoms with E-state index in [-0.39, 0.29) is 5.78 Å². The van der Waals surface area contributed by atoms with Crippen LogP contribution in [-0.4, -0.2) is 12.9 Å². The molecule has 0 radical (unpaired) electrons. The second kappa shape index (κ2) is 4.98. The molecule has 1 aromatic heterocycles. The maximum atomic E-state index is 12.6. The summed E-state index contributed by atoms with van der Waals surface area (Å²) in [6, 6.07) is 12.4. The van der Waals surface area contributed by atoms with E-state index in [0.29, 0.717) is 28.3 Å². The van der Waals surface area contributed by atoms with Crippen molar-refractivity contribution >= 4 is 22.4 Å². The number of hydrogen-bond acceptors (Lipinski definition) is 4. The van der Waals surface area contributed by atoms with E-state index in [9.17, 15) is 4.79 Å². The zero-order valence-corrected chi connectivity index (χ0v) is 11.8. The zero-order chi connectivity index (χ0) is 15.0. The van der Waals surface area contributed by atoms with Gasteiger partial charge in [0, 0.05) is 28.3 Å². The van der Waals surface area contributed by atoms with E-state index in [0.717, 1.165) is 10.9 Å². The Morgan fingerprint density at radius 1 is 1.19 bits per heavy atom. The highest BCUT2D eigenvalue weighted by molar-refractivity contribution is 6.10. The predicted molar refractivity (Wildman–Crippen MR) is 81.8 cm³/mol. The molecule has 4 heteroatoms. The highest BCUT2D eigenvalue weighted by atomic mass is 16.5. The molecular weight excluding hydrogens is 266 g/mol. The summed E-state index contributed by atoms with van der Waals surface area (Å²) < 4.78 is 10.8. The molecule has 0 unspecified atom stereocenters. The highest BCUT2D eigenvalue weighted by Crippen LogP contribution is 2.29. The second-order valence-corrected chi connectivity index (χ2v) is 4.87. The Morgan fingerprint density at radius 3 is 2.76 bits per heavy atom. The van der Waals surface area contributed by atoms with Crippen molar-refractivity contribution in [3.63, 3.8) is 0 Å². The highest BCUT2D eigenvalue weighted by Gasteiger charge is 2.19. The van der Waals surface area contributed by atoms with Gasteiger partial charge < -0.3 is 14.9 Å². The van der Waals surface area contributed by atoms with E-state index >= 15 is 0 Å². The third kappa shape index (κ3) is 2.25. The van der Waals surface area contributed by atoms with Gasteiger partial charge in [-0.2, -0.15) is 0 Å². The minimum absolute atomic E-state index is 0.166. The Labute approximate surface area is 122 Å². The van der Waals surface area contributed by atoms with E-state index in [1.54, 1.807) is 43.5 Å². The molecule has 0 amide bonds. The Kier molecular flexibility index (Phi) is 3.14. The van der Waals surface area contributed by atoms with Crippen molar-refractivity contribution in [3.8, 4) is 5.75 Å². The maximum Gasteiger partial charge on any atom is 0.228 e. The molecule has 1 heterocycles. The lowest BCUT2D eigenvalue weighted by Gasteiger charge is -2.02. The summed E-state index contributed by atoms with van der Waals surface area (Å²) >= 11 is 0. The summed E-state index contributed by atoms with van der Waals surface area (Å²) in [5.41, 5.74) is 8.33. The minimum Gasteiger partial charge on any atom is -0.497 e. The molecule has 106 valence electrons. The normalized spacial score (nSPS) is 10.8. The number of benzene rings is 2. The SMILES string of the molecule is COc1cccc(C(=O)c2oc3cc(N)ccc3c2C)c1. The number of nitrogens with two attached hydrogens (primary N) is 1. The third-order valence-electron chi connectivity index (χ3n) is 3.50. The lowest BCUT2D eigenvalue weighted by Crippen LogP contribution is -2.01. The van der Waals surface area contributed by atoms with E-state index < -0.39 is 0 Å². The van der Waals surface area contributed by atoms with Gasteiger partial charge in [0.15, 0.2) is 5.76 Å². The van der Waals surface area contributed by atoms with Gasteiger partial charge in [-0.15, -0.1) is 0 Å². The van der Waals surface area contributed by atoms with E-state index in [2.05, 4.69) is 0 Å². The molecule has 21 heavy (non-hydrogen) atoms. The smallest absolute Gasteiger partial charge is 0.228 e. The monoisotopic (exact) mass is 281 g/mol. The van der Waals surface area contributed by atoms with Gasteiger partial charge in [0.05, 0.1) is 7.11 Å². The van der Waals surface area contributed by atoms with Gasteiger partial charge in [0.2, 0.25) is 5.78 Å². The number of carbonyl (C=O) groups excluding carboxylic acids is 1. The van der Waals surface area contributed by atoms with Crippen LogP contribution in [0.25, 0.3) is 11.0 Å². The largest absolute Gasteiger partial charge is 0.497 e. The number of hydrogen-bond donors (Lipinski definition) is 1. The van der Waals surface area contributed by atoms with Crippen LogP contribution in [-0.2, 0) is 0 Å². The number of furan rings is 1. The molecule has 0 aliphatic heterocycles. The van der Waals surface area contributed by atoms with Gasteiger partial charge in [-0.1, -0.05) is 12.1 Å². The van der Waals surface area contributed by atoms with Crippen molar-refractivity contribution in [1.29, 1.82) is 0 Å². The standard InChI is InChI=1S/C17H15NO3/c1-10-14-7-6-12(18)9-15(14)21-17(10)16(19)11-4-3-5-13(8-11)20-2/h3-9H,18H2,1-2H3. The average molecular weight is 281 g/mol. The lowest BCUT2D eigenvalue weighted by molar-refractivity contribution is 0.101. The van der Waals surface area contributed by atoms with Crippen molar-refractivity contribution in [2.45, 2.75) is 6.92 Å². The first kappa shape index (κ1) is 13.2. The summed E-state index contributed by atoms with van der Waals surface area (Å²) in [5.74, 6) is 0.809. The van der Waals surface area contributed by atoms with Crippen LogP contribution in [0, 0.1) is 6.92 Å². The van der Waals surface area contributed by atoms with Crippen LogP contribution >= 0.6 is 0 Å². The Balaban J connectivity index is 2.11. The topological polar surface area (TPSA) is 65.5 Å². The molecule has 0 aliphatic rings. The molecule has 4 nitrogen and oxygen atoms in total. The van der Waals surface area contributed by atoms with Crippen molar-refractivity contribution < 1.29 is 13.9 Å². The van der Waals surface area contributed by atoms with Crippen molar-refractivity contribution in [1.82, 2.24) is 0 Å². The zero-order valence-electron chi connectivity index (χ0n) is 11.8. The second-order valence-electron chi connectivity index (χ2n) is 4.87. The van der Waals surface area contributed by atoms with Crippen LogP contribution in [0.4, 0.5) is 5.69 Å². The lowest BCUT2D eigenvalue weighted by atomic mass is 10.0. The number of nitrogen functional groups attached to an aromatic ring is 1. The first-order chi connectivity index (χ1) is 10.1. The average Bonchev–Trinajstić information content (AvgIpc) is 2.83. The number of ketones is 1. The Bertz CT molecular complexity index is 833. The molecule has 3 rings (SSSR count). The molecule has 0 aliphatic carbocycles. The van der Waals surface area contributed by atoms with E-state index in [4.69, 9.17) is 14.9 Å². The summed E-state index contributed by atoms with van der Waals surface area (Å²) in [6.45, 7) is 1.87. The van der Waals surface area contributed by atoms with Gasteiger partial charge in [0.1, 0.15) is 11.3 Å². The fourth-order valence-electron chi connectivity index (χ4n) is 2.35. The molecule has 0 spiro atoms. The van der Waals surface area contributed by atoms with Crippen LogP contribution < -0.4 is 10.5 Å². The molecule has 2 aromatic carbocycles. The fourth-order valence-corrected chi connectivity index (χ4v) is 2.35. The van der Waals surface area contributed by atoms with Crippen molar-refractivity contribution in [3.05, 3.63) is 59.4 Å². The summed E-state index contributed by atoms with van der Waals surface area (Å²) in [5, 5.41) is 0.899. The van der Waals surface area contributed by atoms with E-state index in [1.165, 1.54) is 0 Å². The molecule has 0 fully saturated rings. The molecule has 0 saturated heterocycles. The van der Waals surface area contributed by atoms with Crippen LogP contribution in [0.1, 0.15) is 21.7 Å². The third-order valence-corrected chi connectivity index (χ3v) is 3.50. The number of fused-ring (bicyclic) bond motifs is 1. The van der Waals surface area contributed by atoms with Crippen LogP contribution in [0.5, 0.6) is 5.75 Å². The summed E-state index contributed by atoms with van der Waals surface area (Å²) in [4.78, 5) is 12.6. The number of carbonyl (C=O) groups is 1. The van der Waals surface area contributed by atoms with Gasteiger partial charge in [-0.3, -0.25) is 4.79 Å². The van der Waals surface area contributed by atoms with E-state index in [1.807, 2.05) is 13.0 Å². The molecule has 0 bridgehead atoms. The number of rotatable bonds is 3. The summed E-state index contributed by atoms with van der Waals surface area (Å²) in [6.07, 6.45) is 0. The van der Waals surface area contributed by atoms with Crippen molar-refractivity contribution in [2.24, 2.45) is 0 Å². The fraction of sp³-hybridized carbons (Fsp3) is 0.118. The minimum atomic E-state index is -0.166. The van der Waals surface area contributed by atoms with Crippen LogP contribution in [0.3, 0.4) is 0 Å². The Morgan fingerprint density at radius 2 is 2.00 bits per heavy atom. The molecule has 0 atom stereocenters. The van der Waals surface area contributed by atoms with Crippen LogP contribution in [0.2, 0.25) is 0 Å². The first-order valence-electron chi connectivity index (χ1n) is 6.57. The van der Waals surface area contributed by atoms with Gasteiger partial charge in [-0.05, 0) is 31.2 Å². The number of aryl methyl sites for hydroxylation is 1. The van der Waals surface area contributed by atoms with Gasteiger partial charge >= 0.3 is 0 Å². The number of ether oxygens (including phenoxy) is 1. The van der Waals surface area contributed by atoms with Gasteiger partial charge in [0.25, 0.3) is 0 Å². The Hall–Kier alpha value is -2.75. The predicted octanol–water partition coefficient (Wildman–Crippen LogP) is 3.56. The van der Waals surface area contributed by atoms with Crippen LogP contribution in [0.15, 0.2) is 46.9 Å². The molecule has 3 aromatic rings. The molecule has 0 saturated carbocycles. The van der Waals surface area contributed by atoms with Crippen molar-refractivity contribution in [2.75, 3.05) is 12.8 Å². The van der Waals surface area contributed by atoms with Gasteiger partial charge in [-0.25, -0.2) is 0 Å². The number of anilines is 1. The molecular formula is C17H15NO3. The molecule has 2 N–H and O–H groups in total. The quantitative estimate of drug-likeness (QED) is 0.589. The first-order valence-corrected chi connectivity index (χ1v) is 6.57. The maximum absolute atomic E-state index is 12.6.